The van der Waals surface area contributed by atoms with Crippen molar-refractivity contribution < 1.29 is 4.74 Å². The van der Waals surface area contributed by atoms with Crippen molar-refractivity contribution in [2.24, 2.45) is 5.10 Å². The van der Waals surface area contributed by atoms with Crippen LogP contribution in [0.15, 0.2) is 60.2 Å². The highest BCUT2D eigenvalue weighted by Gasteiger charge is 2.17. The Kier molecular flexibility index (Phi) is 4.76. The molecule has 0 saturated carbocycles. The van der Waals surface area contributed by atoms with E-state index in [0.29, 0.717) is 5.82 Å². The van der Waals surface area contributed by atoms with Crippen LogP contribution in [0.1, 0.15) is 11.1 Å². The van der Waals surface area contributed by atoms with Crippen LogP contribution >= 0.6 is 11.3 Å². The van der Waals surface area contributed by atoms with Crippen LogP contribution in [0.5, 0.6) is 5.75 Å². The summed E-state index contributed by atoms with van der Waals surface area (Å²) in [7, 11) is 1.68. The number of nitrogens with zero attached hydrogens (tertiary/aromatic N) is 4. The van der Waals surface area contributed by atoms with Crippen LogP contribution in [0.4, 0.5) is 5.82 Å². The lowest BCUT2D eigenvalue weighted by molar-refractivity contribution is 0.416. The first kappa shape index (κ1) is 17.1. The van der Waals surface area contributed by atoms with Crippen LogP contribution in [-0.4, -0.2) is 28.3 Å². The third-order valence-corrected chi connectivity index (χ3v) is 5.44. The molecule has 7 heteroatoms. The molecule has 6 nitrogen and oxygen atoms in total. The number of aromatic nitrogens is 3. The minimum atomic E-state index is 0.675. The minimum Gasteiger partial charge on any atom is -0.496 e. The highest BCUT2D eigenvalue weighted by Crippen LogP contribution is 2.42. The number of pyridine rings is 1. The average Bonchev–Trinajstić information content (AvgIpc) is 3.06. The molecule has 4 rings (SSSR count). The van der Waals surface area contributed by atoms with Gasteiger partial charge in [0.25, 0.3) is 0 Å². The highest BCUT2D eigenvalue weighted by atomic mass is 32.1. The van der Waals surface area contributed by atoms with Gasteiger partial charge >= 0.3 is 0 Å². The van der Waals surface area contributed by atoms with E-state index in [9.17, 15) is 0 Å². The summed E-state index contributed by atoms with van der Waals surface area (Å²) in [5, 5.41) is 4.28. The van der Waals surface area contributed by atoms with Crippen molar-refractivity contribution in [3.05, 3.63) is 66.2 Å². The molecule has 27 heavy (non-hydrogen) atoms. The van der Waals surface area contributed by atoms with Crippen molar-refractivity contribution in [1.29, 1.82) is 0 Å². The molecular formula is C20H17N5OS. The Bertz CT molecular complexity index is 1110. The van der Waals surface area contributed by atoms with Gasteiger partial charge in [-0.15, -0.1) is 11.3 Å². The zero-order valence-corrected chi connectivity index (χ0v) is 15.7. The molecule has 0 unspecified atom stereocenters. The SMILES string of the molecule is COc1ccccc1-c1sc2c(NN=Cc3cccnc3)ncnc2c1C. The Hall–Kier alpha value is -3.32. The van der Waals surface area contributed by atoms with Crippen molar-refractivity contribution in [1.82, 2.24) is 15.0 Å². The fourth-order valence-electron chi connectivity index (χ4n) is 2.81. The molecule has 0 bridgehead atoms. The number of hydrogen-bond acceptors (Lipinski definition) is 7. The first-order valence-corrected chi connectivity index (χ1v) is 9.16. The number of hydrogen-bond donors (Lipinski definition) is 1. The van der Waals surface area contributed by atoms with Crippen molar-refractivity contribution >= 4 is 33.6 Å². The summed E-state index contributed by atoms with van der Waals surface area (Å²) in [5.74, 6) is 1.51. The Balaban J connectivity index is 1.73. The summed E-state index contributed by atoms with van der Waals surface area (Å²) < 4.78 is 6.48. The third kappa shape index (κ3) is 3.37. The number of rotatable bonds is 5. The Labute approximate surface area is 160 Å². The molecule has 1 N–H and O–H groups in total. The molecule has 3 heterocycles. The van der Waals surface area contributed by atoms with Crippen LogP contribution < -0.4 is 10.2 Å². The van der Waals surface area contributed by atoms with Gasteiger partial charge in [0.05, 0.1) is 23.5 Å². The zero-order valence-electron chi connectivity index (χ0n) is 14.9. The van der Waals surface area contributed by atoms with E-state index in [1.165, 1.54) is 0 Å². The number of hydrazone groups is 1. The predicted octanol–water partition coefficient (Wildman–Crippen LogP) is 4.52. The Morgan fingerprint density at radius 1 is 1.15 bits per heavy atom. The van der Waals surface area contributed by atoms with Crippen molar-refractivity contribution in [2.75, 3.05) is 12.5 Å². The van der Waals surface area contributed by atoms with E-state index in [0.717, 1.165) is 37.5 Å². The summed E-state index contributed by atoms with van der Waals surface area (Å²) in [5.41, 5.74) is 6.99. The predicted molar refractivity (Wildman–Crippen MR) is 110 cm³/mol. The molecule has 0 aliphatic carbocycles. The molecule has 0 radical (unpaired) electrons. The summed E-state index contributed by atoms with van der Waals surface area (Å²) in [6.45, 7) is 2.07. The second kappa shape index (κ2) is 7.51. The Morgan fingerprint density at radius 2 is 2.04 bits per heavy atom. The normalized spacial score (nSPS) is 11.2. The fourth-order valence-corrected chi connectivity index (χ4v) is 4.04. The largest absolute Gasteiger partial charge is 0.496 e. The van der Waals surface area contributed by atoms with Crippen LogP contribution in [-0.2, 0) is 0 Å². The smallest absolute Gasteiger partial charge is 0.167 e. The van der Waals surface area contributed by atoms with Gasteiger partial charge in [0.15, 0.2) is 5.82 Å². The van der Waals surface area contributed by atoms with Crippen LogP contribution in [0.2, 0.25) is 0 Å². The topological polar surface area (TPSA) is 72.3 Å². The van der Waals surface area contributed by atoms with Gasteiger partial charge in [-0.05, 0) is 30.7 Å². The highest BCUT2D eigenvalue weighted by molar-refractivity contribution is 7.23. The van der Waals surface area contributed by atoms with Crippen molar-refractivity contribution in [2.45, 2.75) is 6.92 Å². The number of para-hydroxylation sites is 1. The molecule has 0 amide bonds. The molecule has 1 aromatic carbocycles. The second-order valence-electron chi connectivity index (χ2n) is 5.81. The van der Waals surface area contributed by atoms with Gasteiger partial charge in [0, 0.05) is 28.4 Å². The Morgan fingerprint density at radius 3 is 2.85 bits per heavy atom. The van der Waals surface area contributed by atoms with E-state index in [2.05, 4.69) is 38.5 Å². The maximum Gasteiger partial charge on any atom is 0.167 e. The maximum absolute atomic E-state index is 5.52. The minimum absolute atomic E-state index is 0.675. The van der Waals surface area contributed by atoms with Crippen molar-refractivity contribution in [3.63, 3.8) is 0 Å². The van der Waals surface area contributed by atoms with E-state index in [1.54, 1.807) is 43.4 Å². The first-order valence-electron chi connectivity index (χ1n) is 8.34. The lowest BCUT2D eigenvalue weighted by Gasteiger charge is -2.06. The molecule has 0 saturated heterocycles. The molecule has 0 aliphatic heterocycles. The standard InChI is InChI=1S/C20H17N5OS/c1-13-17-19(27-18(13)15-7-3-4-8-16(15)26-2)20(23-12-22-17)25-24-11-14-6-5-9-21-10-14/h3-12H,1-2H3,(H,22,23,25). The number of thiophene rings is 1. The molecule has 134 valence electrons. The lowest BCUT2D eigenvalue weighted by atomic mass is 10.1. The van der Waals surface area contributed by atoms with E-state index in [-0.39, 0.29) is 0 Å². The van der Waals surface area contributed by atoms with Gasteiger partial charge in [-0.3, -0.25) is 10.4 Å². The van der Waals surface area contributed by atoms with E-state index < -0.39 is 0 Å². The molecule has 0 fully saturated rings. The van der Waals surface area contributed by atoms with Gasteiger partial charge in [-0.25, -0.2) is 9.97 Å². The summed E-state index contributed by atoms with van der Waals surface area (Å²) in [4.78, 5) is 14.0. The zero-order chi connectivity index (χ0) is 18.6. The lowest BCUT2D eigenvalue weighted by Crippen LogP contribution is -1.94. The molecule has 0 spiro atoms. The molecule has 0 aliphatic rings. The van der Waals surface area contributed by atoms with E-state index in [4.69, 9.17) is 4.74 Å². The van der Waals surface area contributed by atoms with Crippen LogP contribution in [0.25, 0.3) is 20.7 Å². The number of methoxy groups -OCH3 is 1. The monoisotopic (exact) mass is 375 g/mol. The van der Waals surface area contributed by atoms with E-state index >= 15 is 0 Å². The van der Waals surface area contributed by atoms with Gasteiger partial charge in [0.2, 0.25) is 0 Å². The molecule has 3 aromatic heterocycles. The van der Waals surface area contributed by atoms with Gasteiger partial charge in [-0.2, -0.15) is 5.10 Å². The van der Waals surface area contributed by atoms with Crippen LogP contribution in [0, 0.1) is 6.92 Å². The fraction of sp³-hybridized carbons (Fsp3) is 0.100. The number of aryl methyl sites for hydroxylation is 1. The van der Waals surface area contributed by atoms with Gasteiger partial charge in [-0.1, -0.05) is 18.2 Å². The quantitative estimate of drug-likeness (QED) is 0.410. The number of benzene rings is 1. The van der Waals surface area contributed by atoms with E-state index in [1.807, 2.05) is 30.3 Å². The molecule has 4 aromatic rings. The van der Waals surface area contributed by atoms with Crippen molar-refractivity contribution in [3.8, 4) is 16.2 Å². The number of ether oxygens (including phenoxy) is 1. The number of nitrogens with one attached hydrogen (secondary N) is 1. The maximum atomic E-state index is 5.52. The summed E-state index contributed by atoms with van der Waals surface area (Å²) in [6.07, 6.45) is 6.74. The third-order valence-electron chi connectivity index (χ3n) is 4.12. The van der Waals surface area contributed by atoms with Crippen LogP contribution in [0.3, 0.4) is 0 Å². The average molecular weight is 375 g/mol. The second-order valence-corrected chi connectivity index (χ2v) is 6.83. The number of fused-ring (bicyclic) bond motifs is 1. The molecule has 0 atom stereocenters. The van der Waals surface area contributed by atoms with Gasteiger partial charge < -0.3 is 4.74 Å². The first-order chi connectivity index (χ1) is 13.3. The summed E-state index contributed by atoms with van der Waals surface area (Å²) in [6, 6.07) is 11.8. The number of anilines is 1. The van der Waals surface area contributed by atoms with Gasteiger partial charge in [0.1, 0.15) is 12.1 Å². The molecular weight excluding hydrogens is 358 g/mol. The summed E-state index contributed by atoms with van der Waals surface area (Å²) >= 11 is 1.63.